The van der Waals surface area contributed by atoms with Gasteiger partial charge in [0.05, 0.1) is 0 Å². The summed E-state index contributed by atoms with van der Waals surface area (Å²) in [6, 6.07) is 10.2. The topological polar surface area (TPSA) is 54.2 Å². The van der Waals surface area contributed by atoms with Crippen molar-refractivity contribution in [1.82, 2.24) is 20.4 Å². The summed E-state index contributed by atoms with van der Waals surface area (Å²) in [5.74, 6) is 0.818. The number of nitrogens with zero attached hydrogens (tertiary/aromatic N) is 3. The Kier molecular flexibility index (Phi) is 6.27. The molecule has 2 aromatic rings. The first kappa shape index (κ1) is 15.6. The van der Waals surface area contributed by atoms with Crippen LogP contribution in [0.25, 0.3) is 0 Å². The Morgan fingerprint density at radius 2 is 2.10 bits per heavy atom. The van der Waals surface area contributed by atoms with Gasteiger partial charge in [-0.15, -0.1) is 0 Å². The molecule has 0 unspecified atom stereocenters. The van der Waals surface area contributed by atoms with Gasteiger partial charge in [-0.1, -0.05) is 28.1 Å². The van der Waals surface area contributed by atoms with Crippen LogP contribution in [0.4, 0.5) is 0 Å². The van der Waals surface area contributed by atoms with Crippen LogP contribution in [-0.2, 0) is 13.1 Å². The predicted molar refractivity (Wildman–Crippen MR) is 89.2 cm³/mol. The molecule has 1 aromatic carbocycles. The molecular formula is C15H20BrN5. The maximum absolute atomic E-state index is 4.22. The smallest absolute Gasteiger partial charge is 0.191 e. The number of aromatic nitrogens is 2. The molecule has 0 saturated heterocycles. The Morgan fingerprint density at radius 1 is 1.29 bits per heavy atom. The molecule has 21 heavy (non-hydrogen) atoms. The minimum Gasteiger partial charge on any atom is -0.356 e. The molecule has 0 aliphatic carbocycles. The molecule has 0 spiro atoms. The molecule has 0 fully saturated rings. The zero-order valence-corrected chi connectivity index (χ0v) is 13.7. The third-order valence-corrected chi connectivity index (χ3v) is 3.54. The van der Waals surface area contributed by atoms with E-state index < -0.39 is 0 Å². The van der Waals surface area contributed by atoms with Crippen LogP contribution in [0.3, 0.4) is 0 Å². The Balaban J connectivity index is 1.67. The van der Waals surface area contributed by atoms with Gasteiger partial charge in [0.15, 0.2) is 5.96 Å². The number of nitrogens with one attached hydrogen (secondary N) is 2. The third-order valence-electron chi connectivity index (χ3n) is 3.01. The van der Waals surface area contributed by atoms with E-state index in [2.05, 4.69) is 48.8 Å². The largest absolute Gasteiger partial charge is 0.356 e. The normalized spacial score (nSPS) is 11.4. The molecule has 112 valence electrons. The van der Waals surface area contributed by atoms with E-state index in [0.717, 1.165) is 36.5 Å². The predicted octanol–water partition coefficient (Wildman–Crippen LogP) is 2.40. The van der Waals surface area contributed by atoms with Gasteiger partial charge in [-0.05, 0) is 30.2 Å². The summed E-state index contributed by atoms with van der Waals surface area (Å²) in [6.45, 7) is 2.52. The van der Waals surface area contributed by atoms with Crippen LogP contribution in [0.15, 0.2) is 52.2 Å². The van der Waals surface area contributed by atoms with Crippen molar-refractivity contribution in [2.45, 2.75) is 19.5 Å². The van der Waals surface area contributed by atoms with Crippen molar-refractivity contribution in [2.75, 3.05) is 13.6 Å². The minimum atomic E-state index is 0.756. The number of guanidine groups is 1. The summed E-state index contributed by atoms with van der Waals surface area (Å²) in [4.78, 5) is 4.22. The average Bonchev–Trinajstić information content (AvgIpc) is 3.01. The summed E-state index contributed by atoms with van der Waals surface area (Å²) < 4.78 is 3.02. The lowest BCUT2D eigenvalue weighted by Gasteiger charge is -2.12. The molecule has 0 amide bonds. The van der Waals surface area contributed by atoms with Crippen molar-refractivity contribution in [2.24, 2.45) is 4.99 Å². The zero-order chi connectivity index (χ0) is 14.9. The highest BCUT2D eigenvalue weighted by molar-refractivity contribution is 9.10. The molecule has 1 heterocycles. The van der Waals surface area contributed by atoms with Gasteiger partial charge >= 0.3 is 0 Å². The van der Waals surface area contributed by atoms with E-state index in [0.29, 0.717) is 0 Å². The monoisotopic (exact) mass is 349 g/mol. The fourth-order valence-electron chi connectivity index (χ4n) is 1.89. The average molecular weight is 350 g/mol. The van der Waals surface area contributed by atoms with Crippen LogP contribution >= 0.6 is 15.9 Å². The van der Waals surface area contributed by atoms with Crippen LogP contribution in [-0.4, -0.2) is 29.3 Å². The number of aliphatic imine (C=N–C) groups is 1. The van der Waals surface area contributed by atoms with Crippen molar-refractivity contribution < 1.29 is 0 Å². The fourth-order valence-corrected chi connectivity index (χ4v) is 2.15. The first-order valence-electron chi connectivity index (χ1n) is 6.94. The van der Waals surface area contributed by atoms with E-state index >= 15 is 0 Å². The van der Waals surface area contributed by atoms with Crippen LogP contribution in [0, 0.1) is 0 Å². The SMILES string of the molecule is CN=C(NCCCn1cccn1)NCc1ccc(Br)cc1. The lowest BCUT2D eigenvalue weighted by atomic mass is 10.2. The van der Waals surface area contributed by atoms with Crippen molar-refractivity contribution >= 4 is 21.9 Å². The lowest BCUT2D eigenvalue weighted by molar-refractivity contribution is 0.570. The minimum absolute atomic E-state index is 0.756. The standard InChI is InChI=1S/C15H20BrN5/c1-17-15(18-8-2-10-21-11-3-9-20-21)19-12-13-4-6-14(16)7-5-13/h3-7,9,11H,2,8,10,12H2,1H3,(H2,17,18,19). The molecule has 0 saturated carbocycles. The fraction of sp³-hybridized carbons (Fsp3) is 0.333. The quantitative estimate of drug-likeness (QED) is 0.478. The Morgan fingerprint density at radius 3 is 2.76 bits per heavy atom. The molecule has 0 aliphatic heterocycles. The summed E-state index contributed by atoms with van der Waals surface area (Å²) in [7, 11) is 1.78. The van der Waals surface area contributed by atoms with Gasteiger partial charge in [0.25, 0.3) is 0 Å². The second-order valence-corrected chi connectivity index (χ2v) is 5.52. The second kappa shape index (κ2) is 8.46. The molecule has 1 aromatic heterocycles. The van der Waals surface area contributed by atoms with Crippen molar-refractivity contribution in [3.8, 4) is 0 Å². The van der Waals surface area contributed by atoms with Crippen LogP contribution in [0.1, 0.15) is 12.0 Å². The first-order chi connectivity index (χ1) is 10.3. The summed E-state index contributed by atoms with van der Waals surface area (Å²) in [6.07, 6.45) is 4.77. The molecule has 6 heteroatoms. The van der Waals surface area contributed by atoms with Gasteiger partial charge in [0, 0.05) is 43.5 Å². The molecule has 2 N–H and O–H groups in total. The van der Waals surface area contributed by atoms with Crippen LogP contribution < -0.4 is 10.6 Å². The number of hydrogen-bond donors (Lipinski definition) is 2. The van der Waals surface area contributed by atoms with E-state index in [1.165, 1.54) is 5.56 Å². The van der Waals surface area contributed by atoms with Gasteiger partial charge in [-0.2, -0.15) is 5.10 Å². The van der Waals surface area contributed by atoms with E-state index in [-0.39, 0.29) is 0 Å². The van der Waals surface area contributed by atoms with Gasteiger partial charge in [0.2, 0.25) is 0 Å². The van der Waals surface area contributed by atoms with Crippen molar-refractivity contribution in [3.05, 3.63) is 52.8 Å². The third kappa shape index (κ3) is 5.59. The Bertz CT molecular complexity index is 548. The molecule has 5 nitrogen and oxygen atoms in total. The Labute approximate surface area is 133 Å². The molecule has 0 radical (unpaired) electrons. The van der Waals surface area contributed by atoms with E-state index in [9.17, 15) is 0 Å². The van der Waals surface area contributed by atoms with Crippen LogP contribution in [0.2, 0.25) is 0 Å². The number of aryl methyl sites for hydroxylation is 1. The number of benzene rings is 1. The van der Waals surface area contributed by atoms with Gasteiger partial charge in [0.1, 0.15) is 0 Å². The molecule has 2 rings (SSSR count). The van der Waals surface area contributed by atoms with Crippen molar-refractivity contribution in [3.63, 3.8) is 0 Å². The highest BCUT2D eigenvalue weighted by atomic mass is 79.9. The number of hydrogen-bond acceptors (Lipinski definition) is 2. The summed E-state index contributed by atoms with van der Waals surface area (Å²) >= 11 is 3.43. The maximum atomic E-state index is 4.22. The molecule has 0 atom stereocenters. The van der Waals surface area contributed by atoms with Crippen LogP contribution in [0.5, 0.6) is 0 Å². The van der Waals surface area contributed by atoms with Gasteiger partial charge in [-0.3, -0.25) is 9.67 Å². The van der Waals surface area contributed by atoms with E-state index in [1.54, 1.807) is 13.2 Å². The highest BCUT2D eigenvalue weighted by Crippen LogP contribution is 2.10. The molecule has 0 bridgehead atoms. The van der Waals surface area contributed by atoms with E-state index in [4.69, 9.17) is 0 Å². The zero-order valence-electron chi connectivity index (χ0n) is 12.1. The second-order valence-electron chi connectivity index (χ2n) is 4.60. The first-order valence-corrected chi connectivity index (χ1v) is 7.73. The lowest BCUT2D eigenvalue weighted by Crippen LogP contribution is -2.37. The van der Waals surface area contributed by atoms with Gasteiger partial charge in [-0.25, -0.2) is 0 Å². The maximum Gasteiger partial charge on any atom is 0.191 e. The number of halogens is 1. The van der Waals surface area contributed by atoms with Gasteiger partial charge < -0.3 is 10.6 Å². The number of rotatable bonds is 6. The van der Waals surface area contributed by atoms with E-state index in [1.807, 2.05) is 29.1 Å². The summed E-state index contributed by atoms with van der Waals surface area (Å²) in [5.41, 5.74) is 1.22. The van der Waals surface area contributed by atoms with Crippen molar-refractivity contribution in [1.29, 1.82) is 0 Å². The highest BCUT2D eigenvalue weighted by Gasteiger charge is 1.98. The Hall–Kier alpha value is -1.82. The summed E-state index contributed by atoms with van der Waals surface area (Å²) in [5, 5.41) is 10.8. The molecule has 0 aliphatic rings. The molecular weight excluding hydrogens is 330 g/mol.